The summed E-state index contributed by atoms with van der Waals surface area (Å²) >= 11 is 3.59. The van der Waals surface area contributed by atoms with E-state index >= 15 is 0 Å². The summed E-state index contributed by atoms with van der Waals surface area (Å²) in [6.45, 7) is 2.26. The molecule has 1 atom stereocenters. The van der Waals surface area contributed by atoms with Gasteiger partial charge in [-0.3, -0.25) is 4.79 Å². The lowest BCUT2D eigenvalue weighted by Crippen LogP contribution is -2.20. The van der Waals surface area contributed by atoms with E-state index in [0.717, 1.165) is 34.4 Å². The minimum atomic E-state index is 0.274. The van der Waals surface area contributed by atoms with E-state index in [9.17, 15) is 4.79 Å². The summed E-state index contributed by atoms with van der Waals surface area (Å²) < 4.78 is 1.14. The first-order valence-electron chi connectivity index (χ1n) is 7.88. The maximum atomic E-state index is 12.8. The number of hydrogen-bond donors (Lipinski definition) is 0. The molecule has 0 amide bonds. The lowest BCUT2D eigenvalue weighted by Gasteiger charge is -2.22. The van der Waals surface area contributed by atoms with Crippen LogP contribution in [0.3, 0.4) is 0 Å². The van der Waals surface area contributed by atoms with Crippen LogP contribution in [0.5, 0.6) is 0 Å². The summed E-state index contributed by atoms with van der Waals surface area (Å²) in [5.41, 5.74) is 2.59. The van der Waals surface area contributed by atoms with Crippen LogP contribution in [0.4, 0.5) is 0 Å². The predicted octanol–water partition coefficient (Wildman–Crippen LogP) is 5.50. The smallest absolute Gasteiger partial charge is 0.191 e. The van der Waals surface area contributed by atoms with Crippen molar-refractivity contribution >= 4 is 32.8 Å². The third-order valence-electron chi connectivity index (χ3n) is 4.73. The molecule has 1 aromatic carbocycles. The molecule has 0 radical (unpaired) electrons. The van der Waals surface area contributed by atoms with Gasteiger partial charge < -0.3 is 0 Å². The molecule has 4 rings (SSSR count). The highest BCUT2D eigenvalue weighted by atomic mass is 32.1. The van der Waals surface area contributed by atoms with Crippen molar-refractivity contribution in [1.29, 1.82) is 0 Å². The lowest BCUT2D eigenvalue weighted by atomic mass is 9.86. The minimum absolute atomic E-state index is 0.274. The largest absolute Gasteiger partial charge is 0.289 e. The second-order valence-corrected chi connectivity index (χ2v) is 8.12. The van der Waals surface area contributed by atoms with Gasteiger partial charge in [-0.2, -0.15) is 0 Å². The van der Waals surface area contributed by atoms with Gasteiger partial charge in [-0.05, 0) is 54.3 Å². The van der Waals surface area contributed by atoms with Crippen LogP contribution in [0.15, 0.2) is 40.5 Å². The van der Waals surface area contributed by atoms with E-state index in [1.54, 1.807) is 11.3 Å². The normalized spacial score (nSPS) is 17.6. The van der Waals surface area contributed by atoms with Crippen LogP contribution in [-0.2, 0) is 12.8 Å². The summed E-state index contributed by atoms with van der Waals surface area (Å²) in [4.78, 5) is 15.4. The van der Waals surface area contributed by atoms with Crippen molar-refractivity contribution in [2.75, 3.05) is 0 Å². The minimum Gasteiger partial charge on any atom is -0.289 e. The number of rotatable bonds is 2. The maximum absolute atomic E-state index is 12.8. The van der Waals surface area contributed by atoms with Crippen LogP contribution in [-0.4, -0.2) is 0 Å². The van der Waals surface area contributed by atoms with Gasteiger partial charge in [-0.1, -0.05) is 25.5 Å². The summed E-state index contributed by atoms with van der Waals surface area (Å²) in [6, 6.07) is 10.5. The first-order valence-corrected chi connectivity index (χ1v) is 9.58. The fourth-order valence-electron chi connectivity index (χ4n) is 3.35. The molecule has 22 heavy (non-hydrogen) atoms. The van der Waals surface area contributed by atoms with E-state index in [0.29, 0.717) is 0 Å². The Morgan fingerprint density at radius 2 is 2.18 bits per heavy atom. The number of fused-ring (bicyclic) bond motifs is 2. The molecule has 1 nitrogen and oxygen atoms in total. The van der Waals surface area contributed by atoms with Gasteiger partial charge in [0.1, 0.15) is 0 Å². The highest BCUT2D eigenvalue weighted by Crippen LogP contribution is 2.34. The molecule has 0 N–H and O–H groups in total. The van der Waals surface area contributed by atoms with Gasteiger partial charge in [0.15, 0.2) is 5.43 Å². The lowest BCUT2D eigenvalue weighted by molar-refractivity contribution is 0.448. The van der Waals surface area contributed by atoms with Crippen molar-refractivity contribution in [3.8, 4) is 10.4 Å². The molecule has 1 unspecified atom stereocenters. The van der Waals surface area contributed by atoms with Crippen LogP contribution in [0, 0.1) is 5.92 Å². The zero-order valence-corrected chi connectivity index (χ0v) is 14.2. The van der Waals surface area contributed by atoms with Crippen molar-refractivity contribution in [3.05, 3.63) is 56.4 Å². The summed E-state index contributed by atoms with van der Waals surface area (Å²) in [7, 11) is 0. The molecule has 0 spiro atoms. The van der Waals surface area contributed by atoms with Gasteiger partial charge in [0.25, 0.3) is 0 Å². The molecule has 3 aromatic rings. The topological polar surface area (TPSA) is 17.1 Å². The standard InChI is InChI=1S/C19H18OS2/c1-2-12-5-7-14-17(10-12)22-18-11-13(16-4-3-9-21-16)6-8-15(18)19(14)20/h3-4,6,8-9,11-12H,2,5,7,10H2,1H3. The van der Waals surface area contributed by atoms with Gasteiger partial charge in [0.05, 0.1) is 0 Å². The quantitative estimate of drug-likeness (QED) is 0.607. The second kappa shape index (κ2) is 5.64. The van der Waals surface area contributed by atoms with Crippen molar-refractivity contribution in [2.24, 2.45) is 5.92 Å². The van der Waals surface area contributed by atoms with E-state index in [1.165, 1.54) is 28.2 Å². The predicted molar refractivity (Wildman–Crippen MR) is 97.2 cm³/mol. The van der Waals surface area contributed by atoms with Crippen molar-refractivity contribution < 1.29 is 0 Å². The van der Waals surface area contributed by atoms with Gasteiger partial charge >= 0.3 is 0 Å². The monoisotopic (exact) mass is 326 g/mol. The van der Waals surface area contributed by atoms with E-state index < -0.39 is 0 Å². The van der Waals surface area contributed by atoms with E-state index in [4.69, 9.17) is 0 Å². The molecule has 0 fully saturated rings. The highest BCUT2D eigenvalue weighted by molar-refractivity contribution is 7.18. The van der Waals surface area contributed by atoms with Gasteiger partial charge in [-0.25, -0.2) is 0 Å². The third kappa shape index (κ3) is 2.33. The molecule has 0 aliphatic heterocycles. The molecule has 1 aliphatic rings. The number of benzene rings is 1. The average Bonchev–Trinajstić information content (AvgIpc) is 3.08. The Morgan fingerprint density at radius 1 is 1.27 bits per heavy atom. The Balaban J connectivity index is 1.89. The Hall–Kier alpha value is -1.45. The summed E-state index contributed by atoms with van der Waals surface area (Å²) in [5, 5.41) is 3.00. The van der Waals surface area contributed by atoms with Gasteiger partial charge in [0, 0.05) is 25.4 Å². The fourth-order valence-corrected chi connectivity index (χ4v) is 5.44. The zero-order chi connectivity index (χ0) is 15.1. The Kier molecular flexibility index (Phi) is 3.63. The molecule has 0 saturated carbocycles. The molecule has 112 valence electrons. The van der Waals surface area contributed by atoms with Crippen molar-refractivity contribution in [1.82, 2.24) is 0 Å². The molecule has 1 aliphatic carbocycles. The van der Waals surface area contributed by atoms with Crippen LogP contribution >= 0.6 is 22.7 Å². The fraction of sp³-hybridized carbons (Fsp3) is 0.316. The second-order valence-electron chi connectivity index (χ2n) is 6.04. The van der Waals surface area contributed by atoms with E-state index in [-0.39, 0.29) is 5.43 Å². The molecule has 0 bridgehead atoms. The maximum Gasteiger partial charge on any atom is 0.191 e. The van der Waals surface area contributed by atoms with Crippen molar-refractivity contribution in [3.63, 3.8) is 0 Å². The summed E-state index contributed by atoms with van der Waals surface area (Å²) in [6.07, 6.45) is 4.44. The number of hydrogen-bond acceptors (Lipinski definition) is 3. The van der Waals surface area contributed by atoms with E-state index in [2.05, 4.69) is 36.6 Å². The Morgan fingerprint density at radius 3 is 2.95 bits per heavy atom. The first kappa shape index (κ1) is 14.2. The van der Waals surface area contributed by atoms with Gasteiger partial charge in [0.2, 0.25) is 0 Å². The Bertz CT molecular complexity index is 874. The number of thiophene rings is 1. The Labute approximate surface area is 138 Å². The molecule has 2 aromatic heterocycles. The van der Waals surface area contributed by atoms with Crippen molar-refractivity contribution in [2.45, 2.75) is 32.6 Å². The SMILES string of the molecule is CCC1CCc2c(sc3cc(-c4cccs4)ccc3c2=O)C1. The zero-order valence-electron chi connectivity index (χ0n) is 12.6. The third-order valence-corrected chi connectivity index (χ3v) is 6.87. The first-order chi connectivity index (χ1) is 10.8. The summed E-state index contributed by atoms with van der Waals surface area (Å²) in [5.74, 6) is 0.751. The van der Waals surface area contributed by atoms with Crippen LogP contribution in [0.25, 0.3) is 20.5 Å². The molecular formula is C19H18OS2. The van der Waals surface area contributed by atoms with Crippen LogP contribution in [0.2, 0.25) is 0 Å². The highest BCUT2D eigenvalue weighted by Gasteiger charge is 2.21. The molecule has 0 saturated heterocycles. The van der Waals surface area contributed by atoms with Gasteiger partial charge in [-0.15, -0.1) is 22.7 Å². The van der Waals surface area contributed by atoms with E-state index in [1.807, 2.05) is 17.4 Å². The van der Waals surface area contributed by atoms with Crippen LogP contribution < -0.4 is 5.43 Å². The molecule has 2 heterocycles. The molecular weight excluding hydrogens is 308 g/mol. The average molecular weight is 326 g/mol. The molecule has 3 heteroatoms. The van der Waals surface area contributed by atoms with Crippen LogP contribution in [0.1, 0.15) is 30.2 Å².